The summed E-state index contributed by atoms with van der Waals surface area (Å²) in [4.78, 5) is 12.1. The Hall–Kier alpha value is -3.04. The zero-order chi connectivity index (χ0) is 21.2. The third-order valence-electron chi connectivity index (χ3n) is 4.08. The van der Waals surface area contributed by atoms with E-state index in [4.69, 9.17) is 0 Å². The summed E-state index contributed by atoms with van der Waals surface area (Å²) < 4.78 is 55.9. The maximum atomic E-state index is 12.5. The van der Waals surface area contributed by atoms with E-state index in [9.17, 15) is 21.6 Å². The molecule has 1 N–H and O–H groups in total. The fraction of sp³-hybridized carbons (Fsp3) is 0.100. The van der Waals surface area contributed by atoms with Crippen LogP contribution in [0.15, 0.2) is 86.6 Å². The van der Waals surface area contributed by atoms with Crippen LogP contribution in [0.25, 0.3) is 0 Å². The number of aryl methyl sites for hydroxylation is 2. The maximum absolute atomic E-state index is 12.5. The van der Waals surface area contributed by atoms with Gasteiger partial charge in [0.15, 0.2) is 0 Å². The van der Waals surface area contributed by atoms with E-state index >= 15 is 0 Å². The Kier molecular flexibility index (Phi) is 5.54. The van der Waals surface area contributed by atoms with Crippen molar-refractivity contribution in [3.05, 3.63) is 83.6 Å². The number of carbonyl (C=O) groups excluding carboxylic acids is 1. The van der Waals surface area contributed by atoms with E-state index in [1.807, 2.05) is 13.8 Å². The zero-order valence-corrected chi connectivity index (χ0v) is 17.3. The van der Waals surface area contributed by atoms with Gasteiger partial charge in [-0.05, 0) is 56.3 Å². The van der Waals surface area contributed by atoms with Crippen LogP contribution in [0.2, 0.25) is 0 Å². The van der Waals surface area contributed by atoms with Crippen LogP contribution in [0.5, 0.6) is 0 Å². The van der Waals surface area contributed by atoms with Crippen molar-refractivity contribution in [1.82, 2.24) is 4.72 Å². The van der Waals surface area contributed by atoms with Crippen molar-refractivity contribution in [1.29, 1.82) is 0 Å². The number of allylic oxidation sites excluding steroid dienone is 3. The minimum Gasteiger partial charge on any atom is -0.288 e. The fourth-order valence-electron chi connectivity index (χ4n) is 2.48. The van der Waals surface area contributed by atoms with Gasteiger partial charge in [0.1, 0.15) is 5.71 Å². The summed E-state index contributed by atoms with van der Waals surface area (Å²) >= 11 is 0. The number of benzene rings is 2. The highest BCUT2D eigenvalue weighted by molar-refractivity contribution is 7.90. The Balaban J connectivity index is 1.92. The number of hydrogen-bond acceptors (Lipinski definition) is 5. The maximum Gasteiger partial charge on any atom is 0.282 e. The zero-order valence-electron chi connectivity index (χ0n) is 15.7. The monoisotopic (exact) mass is 430 g/mol. The highest BCUT2D eigenvalue weighted by Gasteiger charge is 2.21. The van der Waals surface area contributed by atoms with Gasteiger partial charge in [0.25, 0.3) is 20.0 Å². The van der Waals surface area contributed by atoms with E-state index in [0.29, 0.717) is 0 Å². The minimum atomic E-state index is -4.12. The van der Waals surface area contributed by atoms with Crippen molar-refractivity contribution >= 4 is 31.5 Å². The lowest BCUT2D eigenvalue weighted by Crippen LogP contribution is -2.26. The molecule has 29 heavy (non-hydrogen) atoms. The van der Waals surface area contributed by atoms with Gasteiger partial charge in [-0.2, -0.15) is 12.8 Å². The predicted octanol–water partition coefficient (Wildman–Crippen LogP) is 2.43. The van der Waals surface area contributed by atoms with Gasteiger partial charge in [0.2, 0.25) is 5.78 Å². The molecule has 0 aromatic heterocycles. The molecule has 0 amide bonds. The van der Waals surface area contributed by atoms with E-state index < -0.39 is 25.8 Å². The number of rotatable bonds is 5. The van der Waals surface area contributed by atoms with Crippen LogP contribution < -0.4 is 4.72 Å². The SMILES string of the molecule is Cc1ccc(S(=O)(=O)N=C2C=C(NS(=O)(=O)c3ccc(C)cc3)C=CC2=O)cc1. The molecule has 2 aromatic carbocycles. The Bertz CT molecular complexity index is 1250. The number of nitrogens with zero attached hydrogens (tertiary/aromatic N) is 1. The number of nitrogens with one attached hydrogen (secondary N) is 1. The molecule has 1 aliphatic rings. The molecule has 0 aliphatic heterocycles. The number of hydrogen-bond donors (Lipinski definition) is 1. The second-order valence-corrected chi connectivity index (χ2v) is 9.77. The first-order valence-electron chi connectivity index (χ1n) is 8.52. The van der Waals surface area contributed by atoms with Crippen molar-refractivity contribution in [2.75, 3.05) is 0 Å². The lowest BCUT2D eigenvalue weighted by Gasteiger charge is -2.12. The number of carbonyl (C=O) groups is 1. The van der Waals surface area contributed by atoms with Gasteiger partial charge < -0.3 is 0 Å². The van der Waals surface area contributed by atoms with E-state index in [1.165, 1.54) is 30.3 Å². The Morgan fingerprint density at radius 1 is 0.759 bits per heavy atom. The third-order valence-corrected chi connectivity index (χ3v) is 6.78. The minimum absolute atomic E-state index is 0.0306. The molecule has 0 heterocycles. The van der Waals surface area contributed by atoms with E-state index in [1.54, 1.807) is 24.3 Å². The first-order chi connectivity index (χ1) is 13.6. The molecule has 0 fully saturated rings. The van der Waals surface area contributed by atoms with Crippen LogP contribution in [0.3, 0.4) is 0 Å². The van der Waals surface area contributed by atoms with E-state index in [-0.39, 0.29) is 21.2 Å². The summed E-state index contributed by atoms with van der Waals surface area (Å²) in [6, 6.07) is 12.2. The first kappa shape index (κ1) is 20.7. The van der Waals surface area contributed by atoms with Crippen molar-refractivity contribution in [2.24, 2.45) is 4.40 Å². The molecule has 150 valence electrons. The van der Waals surface area contributed by atoms with Gasteiger partial charge in [-0.3, -0.25) is 9.52 Å². The van der Waals surface area contributed by atoms with Crippen LogP contribution in [-0.4, -0.2) is 28.3 Å². The van der Waals surface area contributed by atoms with Crippen LogP contribution >= 0.6 is 0 Å². The quantitative estimate of drug-likeness (QED) is 0.733. The molecular formula is C20H18N2O5S2. The van der Waals surface area contributed by atoms with Crippen LogP contribution in [0.4, 0.5) is 0 Å². The molecule has 0 atom stereocenters. The highest BCUT2D eigenvalue weighted by Crippen LogP contribution is 2.17. The molecule has 0 bridgehead atoms. The van der Waals surface area contributed by atoms with E-state index in [0.717, 1.165) is 23.3 Å². The molecule has 0 unspecified atom stereocenters. The molecule has 7 nitrogen and oxygen atoms in total. The van der Waals surface area contributed by atoms with Gasteiger partial charge in [-0.15, -0.1) is 0 Å². The highest BCUT2D eigenvalue weighted by atomic mass is 32.2. The largest absolute Gasteiger partial charge is 0.288 e. The Labute approximate surface area is 169 Å². The van der Waals surface area contributed by atoms with Crippen LogP contribution in [0, 0.1) is 13.8 Å². The lowest BCUT2D eigenvalue weighted by atomic mass is 10.1. The normalized spacial score (nSPS) is 16.0. The van der Waals surface area contributed by atoms with Crippen molar-refractivity contribution in [2.45, 2.75) is 23.6 Å². The topological polar surface area (TPSA) is 110 Å². The molecule has 0 saturated heterocycles. The lowest BCUT2D eigenvalue weighted by molar-refractivity contribution is -0.108. The standard InChI is InChI=1S/C20H18N2O5S2/c1-14-3-8-17(9-4-14)28(24,25)21-16-7-12-20(23)19(13-16)22-29(26,27)18-10-5-15(2)6-11-18/h3-13,21H,1-2H3. The molecule has 2 aromatic rings. The van der Waals surface area contributed by atoms with Gasteiger partial charge in [-0.1, -0.05) is 35.4 Å². The average Bonchev–Trinajstić information content (AvgIpc) is 2.65. The summed E-state index contributed by atoms with van der Waals surface area (Å²) in [6.45, 7) is 3.64. The van der Waals surface area contributed by atoms with Gasteiger partial charge >= 0.3 is 0 Å². The van der Waals surface area contributed by atoms with Gasteiger partial charge in [-0.25, -0.2) is 8.42 Å². The molecule has 0 radical (unpaired) electrons. The van der Waals surface area contributed by atoms with Gasteiger partial charge in [0, 0.05) is 0 Å². The first-order valence-corrected chi connectivity index (χ1v) is 11.4. The molecular weight excluding hydrogens is 412 g/mol. The van der Waals surface area contributed by atoms with Crippen molar-refractivity contribution < 1.29 is 21.6 Å². The Morgan fingerprint density at radius 3 is 1.83 bits per heavy atom. The number of sulfonamides is 2. The van der Waals surface area contributed by atoms with Crippen molar-refractivity contribution in [3.63, 3.8) is 0 Å². The van der Waals surface area contributed by atoms with Crippen molar-refractivity contribution in [3.8, 4) is 0 Å². The van der Waals surface area contributed by atoms with Crippen LogP contribution in [-0.2, 0) is 24.8 Å². The van der Waals surface area contributed by atoms with Gasteiger partial charge in [0.05, 0.1) is 15.5 Å². The average molecular weight is 431 g/mol. The summed E-state index contributed by atoms with van der Waals surface area (Å²) in [6.07, 6.45) is 3.42. The summed E-state index contributed by atoms with van der Waals surface area (Å²) in [5.41, 5.74) is 1.43. The summed E-state index contributed by atoms with van der Waals surface area (Å²) in [5.74, 6) is -0.640. The van der Waals surface area contributed by atoms with E-state index in [2.05, 4.69) is 9.12 Å². The molecule has 3 rings (SSSR count). The smallest absolute Gasteiger partial charge is 0.282 e. The molecule has 1 aliphatic carbocycles. The molecule has 0 spiro atoms. The molecule has 9 heteroatoms. The third kappa shape index (κ3) is 4.87. The fourth-order valence-corrected chi connectivity index (χ4v) is 4.51. The second kappa shape index (κ2) is 7.76. The second-order valence-electron chi connectivity index (χ2n) is 6.48. The predicted molar refractivity (Wildman–Crippen MR) is 110 cm³/mol. The Morgan fingerprint density at radius 2 is 1.28 bits per heavy atom. The van der Waals surface area contributed by atoms with Crippen LogP contribution in [0.1, 0.15) is 11.1 Å². The summed E-state index contributed by atoms with van der Waals surface area (Å²) in [7, 11) is -8.03. The molecule has 0 saturated carbocycles. The number of ketones is 1. The summed E-state index contributed by atoms with van der Waals surface area (Å²) in [5, 5.41) is 0.